The van der Waals surface area contributed by atoms with Crippen LogP contribution in [-0.2, 0) is 60.9 Å². The fraction of sp³-hybridized carbons (Fsp3) is 0.358. The minimum atomic E-state index is -1.21. The molecule has 9 aromatic rings. The number of aromatic hydroxyl groups is 1. The zero-order valence-corrected chi connectivity index (χ0v) is 69.5. The zero-order chi connectivity index (χ0) is 82.1. The molecule has 30 heteroatoms. The van der Waals surface area contributed by atoms with Crippen molar-refractivity contribution in [2.45, 2.75) is 136 Å². The van der Waals surface area contributed by atoms with Gasteiger partial charge in [-0.3, -0.25) is 24.0 Å². The number of hydrogen-bond donors (Lipinski definition) is 10. The number of aliphatic hydroxyl groups excluding tert-OH is 2. The van der Waals surface area contributed by atoms with E-state index in [1.807, 2.05) is 108 Å². The summed E-state index contributed by atoms with van der Waals surface area (Å²) < 4.78 is 39.3. The number of phenols is 1. The van der Waals surface area contributed by atoms with Gasteiger partial charge in [0, 0.05) is 127 Å². The molecule has 592 valence electrons. The van der Waals surface area contributed by atoms with Gasteiger partial charge in [-0.25, -0.2) is 24.0 Å². The molecule has 3 aromatic heterocycles. The molecule has 0 spiro atoms. The number of pyridine rings is 3. The van der Waals surface area contributed by atoms with Crippen LogP contribution in [-0.4, -0.2) is 139 Å². The summed E-state index contributed by atoms with van der Waals surface area (Å²) in [4.78, 5) is 130. The molecule has 29 nitrogen and oxygen atoms in total. The van der Waals surface area contributed by atoms with Gasteiger partial charge in [0.05, 0.1) is 35.0 Å². The number of hydrogen-bond acceptors (Lipinski definition) is 23. The van der Waals surface area contributed by atoms with E-state index in [4.69, 9.17) is 34.9 Å². The van der Waals surface area contributed by atoms with Gasteiger partial charge in [0.15, 0.2) is 0 Å². The van der Waals surface area contributed by atoms with Crippen LogP contribution in [0.15, 0.2) is 142 Å². The van der Waals surface area contributed by atoms with Gasteiger partial charge in [-0.05, 0) is 87.5 Å². The number of carboxylic acid groups (broad SMARTS) is 1. The summed E-state index contributed by atoms with van der Waals surface area (Å²) in [5, 5.41) is 42.8. The number of nitrogen functional groups attached to an aromatic ring is 1. The molecule has 3 heterocycles. The first-order chi connectivity index (χ1) is 50.8. The minimum absolute atomic E-state index is 0. The van der Waals surface area contributed by atoms with Crippen LogP contribution >= 0.6 is 0 Å². The summed E-state index contributed by atoms with van der Waals surface area (Å²) in [5.74, 6) is -2.07. The van der Waals surface area contributed by atoms with E-state index in [0.717, 1.165) is 18.2 Å². The van der Waals surface area contributed by atoms with Gasteiger partial charge >= 0.3 is 82.0 Å². The first-order valence-corrected chi connectivity index (χ1v) is 34.0. The average molecular weight is 1560 g/mol. The second-order valence-electron chi connectivity index (χ2n) is 29.8. The average Bonchev–Trinajstić information content (AvgIpc) is 0.780. The summed E-state index contributed by atoms with van der Waals surface area (Å²) in [6.45, 7) is 28.7. The van der Waals surface area contributed by atoms with Crippen LogP contribution in [0.5, 0.6) is 17.2 Å². The van der Waals surface area contributed by atoms with E-state index in [0.29, 0.717) is 72.0 Å². The second kappa shape index (κ2) is 40.0. The molecule has 0 aliphatic carbocycles. The first kappa shape index (κ1) is 94.8. The van der Waals surface area contributed by atoms with E-state index in [1.165, 1.54) is 59.2 Å². The van der Waals surface area contributed by atoms with Crippen molar-refractivity contribution >= 4 is 92.2 Å². The van der Waals surface area contributed by atoms with Crippen LogP contribution in [0.1, 0.15) is 168 Å². The maximum atomic E-state index is 13.3. The number of methoxy groups -OCH3 is 4. The number of carbonyl (C=O) groups excluding carboxylic acids is 6. The van der Waals surface area contributed by atoms with E-state index >= 15 is 0 Å². The van der Waals surface area contributed by atoms with Crippen LogP contribution in [0, 0.1) is 0 Å². The second-order valence-corrected chi connectivity index (χ2v) is 29.8. The van der Waals surface area contributed by atoms with E-state index < -0.39 is 74.9 Å². The summed E-state index contributed by atoms with van der Waals surface area (Å²) in [7, 11) is 5.84. The Kier molecular flexibility index (Phi) is 34.1. The molecule has 0 saturated carbocycles. The maximum absolute atomic E-state index is 13.3. The maximum Gasteiger partial charge on any atom is 1.00 e. The Morgan fingerprint density at radius 1 is 0.432 bits per heavy atom. The number of ether oxygens (including phenoxy) is 8. The molecule has 0 saturated heterocycles. The number of para-hydroxylation sites is 3. The Hall–Kier alpha value is -10.4. The monoisotopic (exact) mass is 1560 g/mol. The minimum Gasteiger partial charge on any atom is -0.870 e. The van der Waals surface area contributed by atoms with Crippen molar-refractivity contribution in [2.75, 3.05) is 71.7 Å². The third-order valence-electron chi connectivity index (χ3n) is 17.2. The van der Waals surface area contributed by atoms with E-state index in [-0.39, 0.29) is 127 Å². The standard InChI is InChI=1S/C28H32N2O8.C24H28N2O4.C18H27NO6.C10H7NO3.CH4O.K.H2O/c1-27(2,3)18-12-19(28(4,5)15-37-25(33)35-6)22(38-26(34)36-7)13-21(18)30-24(32)17-14-29-20-11-9-8-10-16(20)23(17)31;1-23(2,3)16-10-17(24(4,5)13-27)20(28)11-19(16)26-22(30)15-12-25-18-9-7-6-8-14(18)21(15)29;1-17(2,3)11-8-12(18(4,5)10-24-15(20)22-6)14(9-13(11)19)25-16(21)23-7;12-9-6-3-1-2-4-8(6)11-5-7(9)10(13)14;1-2;;/h8-14H,15H2,1-7H3,(H,29,31)(H,30,32);6-12,27-28H,13H2,1-5H3,(H,25,29)(H,26,30);8-9H,10,19H2,1-7H3;1-5H,(H,11,12)(H,13,14);2H,1H3;;1H2/q;;;;;+1;/p-1. The first-order valence-electron chi connectivity index (χ1n) is 34.0. The van der Waals surface area contributed by atoms with Crippen LogP contribution in [0.4, 0.5) is 36.2 Å². The van der Waals surface area contributed by atoms with Crippen molar-refractivity contribution in [3.05, 3.63) is 209 Å². The molecule has 0 fully saturated rings. The van der Waals surface area contributed by atoms with Crippen molar-refractivity contribution in [3.8, 4) is 17.2 Å². The van der Waals surface area contributed by atoms with Crippen molar-refractivity contribution in [2.24, 2.45) is 0 Å². The molecule has 6 aromatic carbocycles. The molecule has 0 bridgehead atoms. The van der Waals surface area contributed by atoms with Crippen molar-refractivity contribution in [1.82, 2.24) is 15.0 Å². The molecule has 0 unspecified atom stereocenters. The number of aromatic nitrogens is 3. The van der Waals surface area contributed by atoms with Gasteiger partial charge in [0.2, 0.25) is 16.3 Å². The Morgan fingerprint density at radius 2 is 0.748 bits per heavy atom. The number of aromatic amines is 3. The zero-order valence-electron chi connectivity index (χ0n) is 66.4. The van der Waals surface area contributed by atoms with Crippen LogP contribution in [0.3, 0.4) is 0 Å². The number of benzene rings is 6. The molecule has 9 rings (SSSR count). The number of anilines is 3. The smallest absolute Gasteiger partial charge is 0.870 e. The van der Waals surface area contributed by atoms with Gasteiger partial charge in [0.1, 0.15) is 47.2 Å². The number of carbonyl (C=O) groups is 7. The number of nitrogens with two attached hydrogens (primary N) is 1. The molecule has 111 heavy (non-hydrogen) atoms. The number of phenolic OH excluding ortho intramolecular Hbond substituents is 1. The summed E-state index contributed by atoms with van der Waals surface area (Å²) >= 11 is 0. The summed E-state index contributed by atoms with van der Waals surface area (Å²) in [5.41, 5.74) is 8.72. The Balaban J connectivity index is 0.000000395. The fourth-order valence-corrected chi connectivity index (χ4v) is 11.1. The SMILES string of the molecule is CC(C)(C)c1cc(C(C)(C)CO)c(O)cc1NC(=O)c1c[nH]c2ccccc2c1=O.CO.COC(=O)OCC(C)(C)c1cc(C(C)(C)C)c(N)cc1OC(=O)OC.COC(=O)OCC(C)(C)c1cc(C(C)(C)C)c(NC(=O)c2c[nH]c3ccccc3c2=O)cc1OC(=O)OC.O=C(O)c1c[nH]c2ccccc2c1=O.[K+].[OH-]. The van der Waals surface area contributed by atoms with Gasteiger partial charge in [-0.2, -0.15) is 0 Å². The number of aromatic carboxylic acids is 1. The fourth-order valence-electron chi connectivity index (χ4n) is 11.1. The molecular weight excluding hydrogens is 1460 g/mol. The van der Waals surface area contributed by atoms with Crippen molar-refractivity contribution < 1.29 is 149 Å². The van der Waals surface area contributed by atoms with Gasteiger partial charge in [-0.1, -0.05) is 140 Å². The van der Waals surface area contributed by atoms with Gasteiger partial charge in [0.25, 0.3) is 11.8 Å². The number of nitrogens with one attached hydrogen (secondary N) is 5. The number of rotatable bonds is 15. The topological polar surface area (TPSA) is 453 Å². The molecule has 0 aliphatic rings. The summed E-state index contributed by atoms with van der Waals surface area (Å²) in [6.07, 6.45) is 0.525. The number of amides is 2. The molecular formula is C81H99KN6O23. The Labute approximate surface area is 684 Å². The predicted molar refractivity (Wildman–Crippen MR) is 417 cm³/mol. The molecule has 0 radical (unpaired) electrons. The number of H-pyrrole nitrogens is 3. The van der Waals surface area contributed by atoms with Crippen LogP contribution < -0.4 is 93.5 Å². The quantitative estimate of drug-likeness (QED) is 0.0150. The molecule has 2 amide bonds. The summed E-state index contributed by atoms with van der Waals surface area (Å²) in [6, 6.07) is 30.7. The van der Waals surface area contributed by atoms with Crippen molar-refractivity contribution in [1.29, 1.82) is 0 Å². The number of aliphatic hydroxyl groups is 2. The van der Waals surface area contributed by atoms with Crippen molar-refractivity contribution in [3.63, 3.8) is 0 Å². The van der Waals surface area contributed by atoms with Gasteiger partial charge in [-0.15, -0.1) is 0 Å². The normalized spacial score (nSPS) is 11.2. The largest absolute Gasteiger partial charge is 1.00 e. The number of carboxylic acids is 1. The van der Waals surface area contributed by atoms with E-state index in [2.05, 4.69) is 44.5 Å². The van der Waals surface area contributed by atoms with Gasteiger partial charge < -0.3 is 95.1 Å². The van der Waals surface area contributed by atoms with E-state index in [1.54, 1.807) is 92.7 Å². The Bertz CT molecular complexity index is 5020. The Morgan fingerprint density at radius 3 is 1.09 bits per heavy atom. The third-order valence-corrected chi connectivity index (χ3v) is 17.2. The molecule has 0 atom stereocenters. The number of fused-ring (bicyclic) bond motifs is 3. The van der Waals surface area contributed by atoms with E-state index in [9.17, 15) is 58.2 Å². The molecule has 12 N–H and O–H groups in total. The van der Waals surface area contributed by atoms with Crippen LogP contribution in [0.2, 0.25) is 0 Å². The predicted octanol–water partition coefficient (Wildman–Crippen LogP) is 10.8. The molecule has 0 aliphatic heterocycles. The third kappa shape index (κ3) is 24.5. The van der Waals surface area contributed by atoms with Crippen LogP contribution in [0.25, 0.3) is 32.7 Å².